The van der Waals surface area contributed by atoms with Crippen molar-refractivity contribution in [1.29, 1.82) is 0 Å². The molecule has 0 bridgehead atoms. The van der Waals surface area contributed by atoms with Crippen molar-refractivity contribution in [3.63, 3.8) is 0 Å². The highest BCUT2D eigenvalue weighted by Crippen LogP contribution is 2.37. The second-order valence-corrected chi connectivity index (χ2v) is 5.46. The summed E-state index contributed by atoms with van der Waals surface area (Å²) in [6.45, 7) is 1.18. The van der Waals surface area contributed by atoms with Gasteiger partial charge in [0, 0.05) is 18.7 Å². The monoisotopic (exact) mass is 382 g/mol. The lowest BCUT2D eigenvalue weighted by Gasteiger charge is -2.16. The van der Waals surface area contributed by atoms with E-state index in [1.165, 1.54) is 45.4 Å². The van der Waals surface area contributed by atoms with Crippen molar-refractivity contribution in [2.75, 3.05) is 24.9 Å². The Balaban J connectivity index is 2.39. The smallest absolute Gasteiger partial charge is 0.418 e. The molecule has 144 valence electrons. The van der Waals surface area contributed by atoms with Crippen LogP contribution < -0.4 is 20.1 Å². The highest BCUT2D eigenvalue weighted by atomic mass is 19.4. The van der Waals surface area contributed by atoms with Crippen LogP contribution in [0.3, 0.4) is 0 Å². The standard InChI is InChI=1S/C18H17F3N2O4/c1-10(24)22-11-4-7-15(14(8-11)18(19,20)21)23-17(25)13-6-5-12(26-2)9-16(13)27-3/h4-9H,1-3H3,(H,22,24)(H,23,25). The normalized spacial score (nSPS) is 10.9. The first-order chi connectivity index (χ1) is 12.7. The van der Waals surface area contributed by atoms with Crippen molar-refractivity contribution >= 4 is 23.2 Å². The molecule has 0 heterocycles. The number of rotatable bonds is 5. The van der Waals surface area contributed by atoms with Crippen molar-refractivity contribution in [3.8, 4) is 11.5 Å². The molecular weight excluding hydrogens is 365 g/mol. The van der Waals surface area contributed by atoms with E-state index in [-0.39, 0.29) is 17.0 Å². The first-order valence-electron chi connectivity index (χ1n) is 7.68. The molecule has 0 fully saturated rings. The van der Waals surface area contributed by atoms with Gasteiger partial charge in [-0.25, -0.2) is 0 Å². The molecule has 2 aromatic carbocycles. The van der Waals surface area contributed by atoms with Gasteiger partial charge in [-0.3, -0.25) is 9.59 Å². The zero-order valence-electron chi connectivity index (χ0n) is 14.7. The Morgan fingerprint density at radius 2 is 1.67 bits per heavy atom. The van der Waals surface area contributed by atoms with Crippen LogP contribution in [0.2, 0.25) is 0 Å². The zero-order valence-corrected chi connectivity index (χ0v) is 14.7. The topological polar surface area (TPSA) is 76.7 Å². The summed E-state index contributed by atoms with van der Waals surface area (Å²) >= 11 is 0. The van der Waals surface area contributed by atoms with Crippen LogP contribution in [0.5, 0.6) is 11.5 Å². The molecule has 6 nitrogen and oxygen atoms in total. The maximum atomic E-state index is 13.4. The summed E-state index contributed by atoms with van der Waals surface area (Å²) in [7, 11) is 2.76. The molecule has 2 aromatic rings. The maximum absolute atomic E-state index is 13.4. The molecule has 0 saturated carbocycles. The summed E-state index contributed by atoms with van der Waals surface area (Å²) in [5.74, 6) is -0.718. The van der Waals surface area contributed by atoms with Crippen LogP contribution in [-0.2, 0) is 11.0 Å². The van der Waals surface area contributed by atoms with Gasteiger partial charge in [0.05, 0.1) is 31.0 Å². The summed E-state index contributed by atoms with van der Waals surface area (Å²) in [5, 5.41) is 4.51. The number of amides is 2. The number of nitrogens with one attached hydrogen (secondary N) is 2. The van der Waals surface area contributed by atoms with E-state index in [2.05, 4.69) is 10.6 Å². The van der Waals surface area contributed by atoms with E-state index in [1.807, 2.05) is 0 Å². The van der Waals surface area contributed by atoms with Crippen LogP contribution in [0, 0.1) is 0 Å². The van der Waals surface area contributed by atoms with Crippen molar-refractivity contribution < 1.29 is 32.2 Å². The minimum absolute atomic E-state index is 0.0325. The van der Waals surface area contributed by atoms with Gasteiger partial charge in [-0.15, -0.1) is 0 Å². The molecule has 0 spiro atoms. The molecule has 0 aliphatic rings. The largest absolute Gasteiger partial charge is 0.497 e. The second kappa shape index (κ2) is 7.98. The fraction of sp³-hybridized carbons (Fsp3) is 0.222. The van der Waals surface area contributed by atoms with Crippen molar-refractivity contribution in [2.24, 2.45) is 0 Å². The van der Waals surface area contributed by atoms with Gasteiger partial charge < -0.3 is 20.1 Å². The van der Waals surface area contributed by atoms with E-state index in [9.17, 15) is 22.8 Å². The summed E-state index contributed by atoms with van der Waals surface area (Å²) in [6.07, 6.45) is -4.74. The number of anilines is 2. The zero-order chi connectivity index (χ0) is 20.2. The van der Waals surface area contributed by atoms with Gasteiger partial charge in [-0.05, 0) is 30.3 Å². The number of benzene rings is 2. The number of methoxy groups -OCH3 is 2. The third-order valence-corrected chi connectivity index (χ3v) is 3.55. The van der Waals surface area contributed by atoms with E-state index >= 15 is 0 Å². The summed E-state index contributed by atoms with van der Waals surface area (Å²) in [5.41, 5.74) is -1.53. The summed E-state index contributed by atoms with van der Waals surface area (Å²) in [6, 6.07) is 7.40. The first kappa shape index (κ1) is 20.1. The lowest BCUT2D eigenvalue weighted by Crippen LogP contribution is -2.18. The van der Waals surface area contributed by atoms with E-state index in [1.54, 1.807) is 0 Å². The third kappa shape index (κ3) is 4.90. The SMILES string of the molecule is COc1ccc(C(=O)Nc2ccc(NC(C)=O)cc2C(F)(F)F)c(OC)c1. The van der Waals surface area contributed by atoms with Crippen LogP contribution in [0.25, 0.3) is 0 Å². The van der Waals surface area contributed by atoms with Crippen molar-refractivity contribution in [2.45, 2.75) is 13.1 Å². The van der Waals surface area contributed by atoms with E-state index in [0.29, 0.717) is 5.75 Å². The summed E-state index contributed by atoms with van der Waals surface area (Å²) in [4.78, 5) is 23.5. The number of alkyl halides is 3. The molecule has 0 aromatic heterocycles. The Morgan fingerprint density at radius 3 is 2.22 bits per heavy atom. The van der Waals surface area contributed by atoms with Crippen LogP contribution in [-0.4, -0.2) is 26.0 Å². The summed E-state index contributed by atoms with van der Waals surface area (Å²) < 4.78 is 50.2. The molecule has 0 radical (unpaired) electrons. The van der Waals surface area contributed by atoms with Crippen LogP contribution >= 0.6 is 0 Å². The maximum Gasteiger partial charge on any atom is 0.418 e. The average molecular weight is 382 g/mol. The number of carbonyl (C=O) groups excluding carboxylic acids is 2. The predicted molar refractivity (Wildman–Crippen MR) is 93.2 cm³/mol. The van der Waals surface area contributed by atoms with Gasteiger partial charge in [0.15, 0.2) is 0 Å². The lowest BCUT2D eigenvalue weighted by atomic mass is 10.1. The van der Waals surface area contributed by atoms with Gasteiger partial charge in [0.25, 0.3) is 5.91 Å². The Kier molecular flexibility index (Phi) is 5.94. The van der Waals surface area contributed by atoms with Gasteiger partial charge >= 0.3 is 6.18 Å². The van der Waals surface area contributed by atoms with Gasteiger partial charge in [-0.2, -0.15) is 13.2 Å². The molecular formula is C18H17F3N2O4. The van der Waals surface area contributed by atoms with E-state index in [4.69, 9.17) is 9.47 Å². The number of halogens is 3. The van der Waals surface area contributed by atoms with Crippen molar-refractivity contribution in [1.82, 2.24) is 0 Å². The fourth-order valence-electron chi connectivity index (χ4n) is 2.34. The molecule has 2 rings (SSSR count). The lowest BCUT2D eigenvalue weighted by molar-refractivity contribution is -0.137. The quantitative estimate of drug-likeness (QED) is 0.822. The van der Waals surface area contributed by atoms with Crippen LogP contribution in [0.4, 0.5) is 24.5 Å². The Bertz CT molecular complexity index is 866. The third-order valence-electron chi connectivity index (χ3n) is 3.55. The minimum Gasteiger partial charge on any atom is -0.497 e. The number of hydrogen-bond acceptors (Lipinski definition) is 4. The van der Waals surface area contributed by atoms with Crippen LogP contribution in [0.15, 0.2) is 36.4 Å². The number of carbonyl (C=O) groups is 2. The van der Waals surface area contributed by atoms with Crippen molar-refractivity contribution in [3.05, 3.63) is 47.5 Å². The Labute approximate surface area is 153 Å². The molecule has 9 heteroatoms. The highest BCUT2D eigenvalue weighted by molar-refractivity contribution is 6.07. The number of hydrogen-bond donors (Lipinski definition) is 2. The molecule has 0 aliphatic carbocycles. The van der Waals surface area contributed by atoms with Gasteiger partial charge in [-0.1, -0.05) is 0 Å². The second-order valence-electron chi connectivity index (χ2n) is 5.46. The highest BCUT2D eigenvalue weighted by Gasteiger charge is 2.34. The minimum atomic E-state index is -4.74. The average Bonchev–Trinajstić information content (AvgIpc) is 2.60. The van der Waals surface area contributed by atoms with E-state index < -0.39 is 29.2 Å². The molecule has 0 unspecified atom stereocenters. The van der Waals surface area contributed by atoms with Gasteiger partial charge in [0.1, 0.15) is 11.5 Å². The molecule has 2 amide bonds. The predicted octanol–water partition coefficient (Wildman–Crippen LogP) is 3.93. The Hall–Kier alpha value is -3.23. The number of ether oxygens (including phenoxy) is 2. The fourth-order valence-corrected chi connectivity index (χ4v) is 2.34. The van der Waals surface area contributed by atoms with Crippen LogP contribution in [0.1, 0.15) is 22.8 Å². The Morgan fingerprint density at radius 1 is 0.963 bits per heavy atom. The molecule has 0 aliphatic heterocycles. The molecule has 0 saturated heterocycles. The van der Waals surface area contributed by atoms with Gasteiger partial charge in [0.2, 0.25) is 5.91 Å². The molecule has 0 atom stereocenters. The molecule has 27 heavy (non-hydrogen) atoms. The van der Waals surface area contributed by atoms with E-state index in [0.717, 1.165) is 12.1 Å². The molecule has 2 N–H and O–H groups in total. The first-order valence-corrected chi connectivity index (χ1v) is 7.68.